The van der Waals surface area contributed by atoms with E-state index < -0.39 is 0 Å². The fourth-order valence-corrected chi connectivity index (χ4v) is 10.2. The van der Waals surface area contributed by atoms with Gasteiger partial charge in [0.05, 0.1) is 43.8 Å². The summed E-state index contributed by atoms with van der Waals surface area (Å²) in [5, 5.41) is 7.37. The molecule has 0 amide bonds. The lowest BCUT2D eigenvalue weighted by atomic mass is 10.0. The molecule has 0 saturated carbocycles. The highest BCUT2D eigenvalue weighted by Gasteiger charge is 2.23. The molecule has 5 heteroatoms. The Kier molecular flexibility index (Phi) is 7.06. The van der Waals surface area contributed by atoms with Gasteiger partial charge in [0, 0.05) is 48.1 Å². The molecule has 0 N–H and O–H groups in total. The molecule has 12 aromatic rings. The Bertz CT molecular complexity index is 3450. The molecule has 0 fully saturated rings. The van der Waals surface area contributed by atoms with Crippen LogP contribution >= 0.6 is 11.3 Å². The summed E-state index contributed by atoms with van der Waals surface area (Å²) in [5.41, 5.74) is 12.1. The predicted molar refractivity (Wildman–Crippen MR) is 240 cm³/mol. The fourth-order valence-electron chi connectivity index (χ4n) is 8.87. The summed E-state index contributed by atoms with van der Waals surface area (Å²) in [6.45, 7) is 0. The van der Waals surface area contributed by atoms with Crippen molar-refractivity contribution >= 4 is 75.1 Å². The zero-order valence-electron chi connectivity index (χ0n) is 30.7. The minimum atomic E-state index is 0.647. The molecule has 4 nitrogen and oxygen atoms in total. The fraction of sp³-hybridized carbons (Fsp3) is 0. The number of para-hydroxylation sites is 2. The Morgan fingerprint density at radius 2 is 0.825 bits per heavy atom. The van der Waals surface area contributed by atoms with E-state index in [1.165, 1.54) is 69.6 Å². The molecule has 0 bridgehead atoms. The van der Waals surface area contributed by atoms with Crippen LogP contribution in [0, 0.1) is 0 Å². The standard InChI is InChI=1S/C52H32N4S/c1-4-16-33(17-5-1)36-24-14-25-37-38-26-15-29-47(51(38)57-50(36)37)55-43-27-12-10-22-39(43)48-45(55)30-31-46-49(48)40-23-11-13-28-44(40)56(46)52-53-41(34-18-6-2-7-19-34)32-42(54-52)35-20-8-3-9-21-35/h1-32H. The van der Waals surface area contributed by atoms with Crippen molar-refractivity contribution < 1.29 is 0 Å². The van der Waals surface area contributed by atoms with E-state index in [0.29, 0.717) is 5.95 Å². The highest BCUT2D eigenvalue weighted by atomic mass is 32.1. The molecule has 4 heterocycles. The van der Waals surface area contributed by atoms with Crippen LogP contribution in [0.3, 0.4) is 0 Å². The summed E-state index contributed by atoms with van der Waals surface area (Å²) < 4.78 is 7.33. The van der Waals surface area contributed by atoms with Gasteiger partial charge < -0.3 is 4.57 Å². The first-order chi connectivity index (χ1) is 28.3. The summed E-state index contributed by atoms with van der Waals surface area (Å²) in [4.78, 5) is 10.6. The van der Waals surface area contributed by atoms with E-state index in [0.717, 1.165) is 33.5 Å². The third kappa shape index (κ3) is 4.86. The van der Waals surface area contributed by atoms with Crippen LogP contribution in [-0.4, -0.2) is 19.1 Å². The normalized spacial score (nSPS) is 11.9. The molecule has 0 aliphatic rings. The first-order valence-electron chi connectivity index (χ1n) is 19.3. The van der Waals surface area contributed by atoms with Crippen LogP contribution in [0.1, 0.15) is 0 Å². The average molecular weight is 745 g/mol. The van der Waals surface area contributed by atoms with Crippen molar-refractivity contribution in [3.63, 3.8) is 0 Å². The highest BCUT2D eigenvalue weighted by Crippen LogP contribution is 2.46. The molecule has 0 unspecified atom stereocenters. The molecule has 57 heavy (non-hydrogen) atoms. The van der Waals surface area contributed by atoms with Crippen LogP contribution in [0.4, 0.5) is 0 Å². The lowest BCUT2D eigenvalue weighted by Gasteiger charge is -2.12. The summed E-state index contributed by atoms with van der Waals surface area (Å²) in [6.07, 6.45) is 0. The van der Waals surface area contributed by atoms with Gasteiger partial charge in [-0.15, -0.1) is 11.3 Å². The molecule has 4 aromatic heterocycles. The number of benzene rings is 8. The summed E-state index contributed by atoms with van der Waals surface area (Å²) in [7, 11) is 0. The summed E-state index contributed by atoms with van der Waals surface area (Å²) >= 11 is 1.89. The van der Waals surface area contributed by atoms with E-state index in [4.69, 9.17) is 9.97 Å². The van der Waals surface area contributed by atoms with E-state index in [9.17, 15) is 0 Å². The Morgan fingerprint density at radius 1 is 0.351 bits per heavy atom. The van der Waals surface area contributed by atoms with Crippen molar-refractivity contribution in [3.05, 3.63) is 194 Å². The monoisotopic (exact) mass is 744 g/mol. The maximum atomic E-state index is 5.30. The van der Waals surface area contributed by atoms with Crippen molar-refractivity contribution in [1.29, 1.82) is 0 Å². The molecule has 0 spiro atoms. The number of hydrogen-bond acceptors (Lipinski definition) is 3. The van der Waals surface area contributed by atoms with Gasteiger partial charge in [-0.25, -0.2) is 9.97 Å². The Balaban J connectivity index is 1.16. The summed E-state index contributed by atoms with van der Waals surface area (Å²) in [5.74, 6) is 0.647. The van der Waals surface area contributed by atoms with Gasteiger partial charge in [-0.2, -0.15) is 0 Å². The van der Waals surface area contributed by atoms with Gasteiger partial charge in [0.2, 0.25) is 5.95 Å². The van der Waals surface area contributed by atoms with Gasteiger partial charge in [-0.05, 0) is 47.5 Å². The molecular formula is C52H32N4S. The van der Waals surface area contributed by atoms with Gasteiger partial charge in [-0.1, -0.05) is 158 Å². The van der Waals surface area contributed by atoms with Crippen molar-refractivity contribution in [2.45, 2.75) is 0 Å². The number of fused-ring (bicyclic) bond motifs is 10. The number of aromatic nitrogens is 4. The quantitative estimate of drug-likeness (QED) is 0.176. The van der Waals surface area contributed by atoms with Crippen LogP contribution in [0.15, 0.2) is 194 Å². The maximum Gasteiger partial charge on any atom is 0.235 e. The van der Waals surface area contributed by atoms with Gasteiger partial charge in [0.25, 0.3) is 0 Å². The number of nitrogens with zero attached hydrogens (tertiary/aromatic N) is 4. The Morgan fingerprint density at radius 3 is 1.44 bits per heavy atom. The molecule has 0 aliphatic heterocycles. The molecule has 12 rings (SSSR count). The van der Waals surface area contributed by atoms with Crippen LogP contribution < -0.4 is 0 Å². The van der Waals surface area contributed by atoms with E-state index >= 15 is 0 Å². The average Bonchev–Trinajstić information content (AvgIpc) is 3.95. The lowest BCUT2D eigenvalue weighted by molar-refractivity contribution is 0.996. The number of thiophene rings is 1. The highest BCUT2D eigenvalue weighted by molar-refractivity contribution is 7.26. The van der Waals surface area contributed by atoms with E-state index in [1.807, 2.05) is 23.5 Å². The molecular weight excluding hydrogens is 713 g/mol. The molecule has 0 aliphatic carbocycles. The number of rotatable bonds is 5. The van der Waals surface area contributed by atoms with Crippen LogP contribution in [0.2, 0.25) is 0 Å². The van der Waals surface area contributed by atoms with E-state index in [-0.39, 0.29) is 0 Å². The van der Waals surface area contributed by atoms with Crippen molar-refractivity contribution in [2.75, 3.05) is 0 Å². The predicted octanol–water partition coefficient (Wildman–Crippen LogP) is 14.0. The molecule has 0 saturated heterocycles. The Labute approximate surface area is 332 Å². The molecule has 8 aromatic carbocycles. The molecule has 0 radical (unpaired) electrons. The van der Waals surface area contributed by atoms with Crippen LogP contribution in [-0.2, 0) is 0 Å². The first kappa shape index (κ1) is 32.0. The third-order valence-corrected chi connectivity index (χ3v) is 12.6. The van der Waals surface area contributed by atoms with Gasteiger partial charge in [0.15, 0.2) is 0 Å². The van der Waals surface area contributed by atoms with Gasteiger partial charge in [-0.3, -0.25) is 4.57 Å². The minimum absolute atomic E-state index is 0.647. The molecule has 266 valence electrons. The van der Waals surface area contributed by atoms with Gasteiger partial charge in [0.1, 0.15) is 0 Å². The maximum absolute atomic E-state index is 5.30. The smallest absolute Gasteiger partial charge is 0.235 e. The second kappa shape index (κ2) is 12.6. The Hall–Kier alpha value is -7.34. The second-order valence-electron chi connectivity index (χ2n) is 14.5. The van der Waals surface area contributed by atoms with Crippen LogP contribution in [0.25, 0.3) is 109 Å². The lowest BCUT2D eigenvalue weighted by Crippen LogP contribution is -2.04. The largest absolute Gasteiger partial charge is 0.308 e. The number of hydrogen-bond donors (Lipinski definition) is 0. The topological polar surface area (TPSA) is 35.6 Å². The van der Waals surface area contributed by atoms with Crippen molar-refractivity contribution in [3.8, 4) is 45.3 Å². The van der Waals surface area contributed by atoms with Gasteiger partial charge >= 0.3 is 0 Å². The minimum Gasteiger partial charge on any atom is -0.308 e. The third-order valence-electron chi connectivity index (χ3n) is 11.4. The first-order valence-corrected chi connectivity index (χ1v) is 20.1. The molecule has 0 atom stereocenters. The zero-order chi connectivity index (χ0) is 37.5. The summed E-state index contributed by atoms with van der Waals surface area (Å²) in [6, 6.07) is 69.3. The SMILES string of the molecule is c1ccc(-c2cc(-c3ccccc3)nc(-n3c4ccccc4c4c5c6ccccc6n(-c6cccc7c6sc6c(-c8ccccc8)cccc67)c5ccc43)n2)cc1. The van der Waals surface area contributed by atoms with Crippen molar-refractivity contribution in [2.24, 2.45) is 0 Å². The van der Waals surface area contributed by atoms with Crippen molar-refractivity contribution in [1.82, 2.24) is 19.1 Å². The second-order valence-corrected chi connectivity index (χ2v) is 15.6. The zero-order valence-corrected chi connectivity index (χ0v) is 31.5. The van der Waals surface area contributed by atoms with E-state index in [1.54, 1.807) is 0 Å². The van der Waals surface area contributed by atoms with Crippen LogP contribution in [0.5, 0.6) is 0 Å². The van der Waals surface area contributed by atoms with E-state index in [2.05, 4.69) is 191 Å².